The average molecular weight is 197 g/mol. The highest BCUT2D eigenvalue weighted by atomic mass is 16.1. The first-order valence-corrected chi connectivity index (χ1v) is 4.84. The molecule has 1 aliphatic carbocycles. The summed E-state index contributed by atoms with van der Waals surface area (Å²) in [4.78, 5) is 15.7. The maximum Gasteiger partial charge on any atom is 0.166 e. The lowest BCUT2D eigenvalue weighted by molar-refractivity contribution is -0.115. The van der Waals surface area contributed by atoms with E-state index >= 15 is 0 Å². The van der Waals surface area contributed by atoms with Crippen LogP contribution in [0.25, 0.3) is 6.08 Å². The monoisotopic (exact) mass is 197 g/mol. The summed E-state index contributed by atoms with van der Waals surface area (Å²) in [6.45, 7) is 0. The number of carbonyl (C=O) groups excluding carboxylic acids is 1. The molecule has 1 heterocycles. The van der Waals surface area contributed by atoms with Gasteiger partial charge in [-0.05, 0) is 24.3 Å². The van der Waals surface area contributed by atoms with E-state index in [2.05, 4.69) is 4.98 Å². The number of pyridine rings is 1. The molecule has 2 heteroatoms. The summed E-state index contributed by atoms with van der Waals surface area (Å²) >= 11 is 0. The number of hydrogen-bond acceptors (Lipinski definition) is 2. The van der Waals surface area contributed by atoms with Crippen LogP contribution in [0, 0.1) is 5.92 Å². The Kier molecular flexibility index (Phi) is 2.88. The first-order valence-electron chi connectivity index (χ1n) is 4.84. The average Bonchev–Trinajstić information content (AvgIpc) is 2.81. The largest absolute Gasteiger partial charge is 0.294 e. The molecule has 2 rings (SSSR count). The Hall–Kier alpha value is -1.96. The molecule has 15 heavy (non-hydrogen) atoms. The Morgan fingerprint density at radius 2 is 2.07 bits per heavy atom. The van der Waals surface area contributed by atoms with Crippen LogP contribution in [0.4, 0.5) is 0 Å². The third-order valence-corrected chi connectivity index (χ3v) is 2.18. The van der Waals surface area contributed by atoms with Crippen LogP contribution in [0.1, 0.15) is 5.69 Å². The highest BCUT2D eigenvalue weighted by Crippen LogP contribution is 2.11. The van der Waals surface area contributed by atoms with Crippen molar-refractivity contribution in [3.63, 3.8) is 0 Å². The first kappa shape index (κ1) is 9.59. The van der Waals surface area contributed by atoms with Crippen LogP contribution in [0.15, 0.2) is 54.8 Å². The zero-order chi connectivity index (χ0) is 10.5. The zero-order valence-corrected chi connectivity index (χ0v) is 8.21. The van der Waals surface area contributed by atoms with Gasteiger partial charge in [-0.1, -0.05) is 30.4 Å². The van der Waals surface area contributed by atoms with Crippen LogP contribution in [-0.4, -0.2) is 10.8 Å². The van der Waals surface area contributed by atoms with Crippen molar-refractivity contribution < 1.29 is 4.79 Å². The topological polar surface area (TPSA) is 30.0 Å². The van der Waals surface area contributed by atoms with Crippen LogP contribution in [0.3, 0.4) is 0 Å². The minimum atomic E-state index is -0.0926. The Bertz CT molecular complexity index is 417. The molecule has 0 spiro atoms. The van der Waals surface area contributed by atoms with Gasteiger partial charge in [0.15, 0.2) is 5.78 Å². The van der Waals surface area contributed by atoms with E-state index < -0.39 is 0 Å². The summed E-state index contributed by atoms with van der Waals surface area (Å²) in [5, 5.41) is 0. The molecule has 0 bridgehead atoms. The number of carbonyl (C=O) groups is 1. The van der Waals surface area contributed by atoms with Crippen molar-refractivity contribution in [2.45, 2.75) is 0 Å². The van der Waals surface area contributed by atoms with Crippen LogP contribution in [0.2, 0.25) is 0 Å². The molecule has 0 fully saturated rings. The number of nitrogens with zero attached hydrogens (tertiary/aromatic N) is 1. The van der Waals surface area contributed by atoms with E-state index in [9.17, 15) is 4.79 Å². The van der Waals surface area contributed by atoms with Crippen molar-refractivity contribution in [2.75, 3.05) is 0 Å². The molecular weight excluding hydrogens is 186 g/mol. The molecule has 0 radical (unpaired) electrons. The standard InChI is InChI=1S/C13H11NO/c15-13(11-5-1-2-6-11)9-8-12-7-3-4-10-14-12/h1-11H/b9-8+. The fraction of sp³-hybridized carbons (Fsp3) is 0.0769. The van der Waals surface area contributed by atoms with Gasteiger partial charge in [-0.2, -0.15) is 0 Å². The predicted octanol–water partition coefficient (Wildman–Crippen LogP) is 2.41. The van der Waals surface area contributed by atoms with Crippen molar-refractivity contribution in [1.29, 1.82) is 0 Å². The van der Waals surface area contributed by atoms with Crippen LogP contribution in [0.5, 0.6) is 0 Å². The molecule has 74 valence electrons. The van der Waals surface area contributed by atoms with E-state index in [1.54, 1.807) is 18.3 Å². The smallest absolute Gasteiger partial charge is 0.166 e. The van der Waals surface area contributed by atoms with Gasteiger partial charge in [-0.25, -0.2) is 0 Å². The molecule has 0 saturated carbocycles. The second kappa shape index (κ2) is 4.51. The second-order valence-electron chi connectivity index (χ2n) is 3.29. The van der Waals surface area contributed by atoms with Gasteiger partial charge in [0.1, 0.15) is 0 Å². The van der Waals surface area contributed by atoms with Crippen molar-refractivity contribution in [3.8, 4) is 0 Å². The SMILES string of the molecule is O=C(/C=C/c1ccccn1)C1C=CC=C1. The summed E-state index contributed by atoms with van der Waals surface area (Å²) in [5.41, 5.74) is 0.803. The molecule has 1 aromatic heterocycles. The summed E-state index contributed by atoms with van der Waals surface area (Å²) in [5.74, 6) is -0.00406. The molecule has 0 saturated heterocycles. The molecule has 2 nitrogen and oxygen atoms in total. The van der Waals surface area contributed by atoms with E-state index in [1.807, 2.05) is 42.5 Å². The lowest BCUT2D eigenvalue weighted by Gasteiger charge is -1.97. The minimum Gasteiger partial charge on any atom is -0.294 e. The van der Waals surface area contributed by atoms with Crippen LogP contribution < -0.4 is 0 Å². The summed E-state index contributed by atoms with van der Waals surface area (Å²) in [7, 11) is 0. The van der Waals surface area contributed by atoms with Gasteiger partial charge in [0.25, 0.3) is 0 Å². The zero-order valence-electron chi connectivity index (χ0n) is 8.21. The van der Waals surface area contributed by atoms with E-state index in [1.165, 1.54) is 0 Å². The number of ketones is 1. The highest BCUT2D eigenvalue weighted by molar-refractivity contribution is 5.97. The Morgan fingerprint density at radius 1 is 1.27 bits per heavy atom. The minimum absolute atomic E-state index is 0.0886. The van der Waals surface area contributed by atoms with Crippen LogP contribution in [-0.2, 0) is 4.79 Å². The van der Waals surface area contributed by atoms with E-state index in [0.29, 0.717) is 0 Å². The number of hydrogen-bond donors (Lipinski definition) is 0. The van der Waals surface area contributed by atoms with Gasteiger partial charge in [0.2, 0.25) is 0 Å². The first-order chi connectivity index (χ1) is 7.36. The predicted molar refractivity (Wildman–Crippen MR) is 60.0 cm³/mol. The van der Waals surface area contributed by atoms with Gasteiger partial charge < -0.3 is 0 Å². The number of aromatic nitrogens is 1. The Balaban J connectivity index is 2.03. The second-order valence-corrected chi connectivity index (χ2v) is 3.29. The fourth-order valence-corrected chi connectivity index (χ4v) is 1.37. The normalized spacial score (nSPS) is 15.2. The van der Waals surface area contributed by atoms with E-state index in [0.717, 1.165) is 5.69 Å². The maximum atomic E-state index is 11.6. The lowest BCUT2D eigenvalue weighted by Crippen LogP contribution is -2.03. The van der Waals surface area contributed by atoms with Gasteiger partial charge in [0, 0.05) is 6.20 Å². The third kappa shape index (κ3) is 2.50. The summed E-state index contributed by atoms with van der Waals surface area (Å²) in [6.07, 6.45) is 12.6. The highest BCUT2D eigenvalue weighted by Gasteiger charge is 2.10. The Morgan fingerprint density at radius 3 is 2.73 bits per heavy atom. The molecular formula is C13H11NO. The number of rotatable bonds is 3. The summed E-state index contributed by atoms with van der Waals surface area (Å²) in [6, 6.07) is 5.61. The van der Waals surface area contributed by atoms with Gasteiger partial charge in [0.05, 0.1) is 11.6 Å². The van der Waals surface area contributed by atoms with Crippen molar-refractivity contribution >= 4 is 11.9 Å². The molecule has 0 N–H and O–H groups in total. The number of allylic oxidation sites excluding steroid dienone is 5. The van der Waals surface area contributed by atoms with E-state index in [4.69, 9.17) is 0 Å². The van der Waals surface area contributed by atoms with Gasteiger partial charge in [-0.3, -0.25) is 9.78 Å². The quantitative estimate of drug-likeness (QED) is 0.696. The van der Waals surface area contributed by atoms with E-state index in [-0.39, 0.29) is 11.7 Å². The lowest BCUT2D eigenvalue weighted by atomic mass is 10.1. The van der Waals surface area contributed by atoms with Crippen molar-refractivity contribution in [2.24, 2.45) is 5.92 Å². The van der Waals surface area contributed by atoms with Gasteiger partial charge >= 0.3 is 0 Å². The molecule has 0 aliphatic heterocycles. The van der Waals surface area contributed by atoms with Crippen molar-refractivity contribution in [3.05, 3.63) is 60.5 Å². The Labute approximate surface area is 88.7 Å². The molecule has 1 aromatic rings. The molecule has 1 aliphatic rings. The molecule has 0 unspecified atom stereocenters. The molecule has 0 amide bonds. The maximum absolute atomic E-state index is 11.6. The summed E-state index contributed by atoms with van der Waals surface area (Å²) < 4.78 is 0. The van der Waals surface area contributed by atoms with Crippen LogP contribution >= 0.6 is 0 Å². The molecule has 0 atom stereocenters. The van der Waals surface area contributed by atoms with Crippen molar-refractivity contribution in [1.82, 2.24) is 4.98 Å². The fourth-order valence-electron chi connectivity index (χ4n) is 1.37. The van der Waals surface area contributed by atoms with Gasteiger partial charge in [-0.15, -0.1) is 0 Å². The third-order valence-electron chi connectivity index (χ3n) is 2.18. The molecule has 0 aromatic carbocycles.